The highest BCUT2D eigenvalue weighted by atomic mass is 16.5. The van der Waals surface area contributed by atoms with E-state index in [2.05, 4.69) is 10.6 Å². The molecule has 4 N–H and O–H groups in total. The lowest BCUT2D eigenvalue weighted by atomic mass is 10.2. The summed E-state index contributed by atoms with van der Waals surface area (Å²) in [5.41, 5.74) is 6.73. The summed E-state index contributed by atoms with van der Waals surface area (Å²) in [5, 5.41) is 5.05. The fraction of sp³-hybridized carbons (Fsp3) is 0.182. The Labute approximate surface area is 174 Å². The largest absolute Gasteiger partial charge is 0.451 e. The molecule has 0 spiro atoms. The van der Waals surface area contributed by atoms with Gasteiger partial charge in [-0.05, 0) is 49.8 Å². The van der Waals surface area contributed by atoms with E-state index in [0.29, 0.717) is 11.3 Å². The highest BCUT2D eigenvalue weighted by Gasteiger charge is 2.22. The number of carbonyl (C=O) groups excluding carboxylic acids is 4. The third-order valence-corrected chi connectivity index (χ3v) is 4.04. The van der Waals surface area contributed by atoms with Crippen LogP contribution in [0.1, 0.15) is 29.8 Å². The number of carbonyl (C=O) groups is 4. The molecule has 0 unspecified atom stereocenters. The van der Waals surface area contributed by atoms with Gasteiger partial charge in [-0.3, -0.25) is 14.4 Å². The van der Waals surface area contributed by atoms with Crippen molar-refractivity contribution in [3.8, 4) is 0 Å². The summed E-state index contributed by atoms with van der Waals surface area (Å²) in [4.78, 5) is 47.3. The van der Waals surface area contributed by atoms with Crippen molar-refractivity contribution < 1.29 is 23.9 Å². The zero-order chi connectivity index (χ0) is 22.1. The number of esters is 1. The third-order valence-electron chi connectivity index (χ3n) is 4.04. The van der Waals surface area contributed by atoms with Gasteiger partial charge in [-0.15, -0.1) is 0 Å². The Hall–Kier alpha value is -3.94. The molecule has 0 aliphatic carbocycles. The summed E-state index contributed by atoms with van der Waals surface area (Å²) >= 11 is 0. The monoisotopic (exact) mass is 409 g/mol. The van der Waals surface area contributed by atoms with Gasteiger partial charge in [0.2, 0.25) is 11.8 Å². The first-order valence-corrected chi connectivity index (χ1v) is 9.21. The van der Waals surface area contributed by atoms with Crippen molar-refractivity contribution in [3.05, 3.63) is 71.8 Å². The van der Waals surface area contributed by atoms with E-state index in [0.717, 1.165) is 5.56 Å². The van der Waals surface area contributed by atoms with Crippen molar-refractivity contribution in [3.63, 3.8) is 0 Å². The lowest BCUT2D eigenvalue weighted by Gasteiger charge is -2.17. The second-order valence-electron chi connectivity index (χ2n) is 6.48. The molecule has 0 saturated carbocycles. The van der Waals surface area contributed by atoms with Crippen LogP contribution in [0.15, 0.2) is 60.7 Å². The first-order chi connectivity index (χ1) is 14.3. The Balaban J connectivity index is 1.83. The molecule has 8 nitrogen and oxygen atoms in total. The Morgan fingerprint density at radius 1 is 0.967 bits per heavy atom. The summed E-state index contributed by atoms with van der Waals surface area (Å²) < 4.78 is 5.11. The summed E-state index contributed by atoms with van der Waals surface area (Å²) in [6.07, 6.45) is 1.84. The number of primary amides is 1. The van der Waals surface area contributed by atoms with Crippen LogP contribution in [0.2, 0.25) is 0 Å². The lowest BCUT2D eigenvalue weighted by Crippen LogP contribution is -2.41. The number of rotatable bonds is 8. The van der Waals surface area contributed by atoms with Gasteiger partial charge in [0.25, 0.3) is 5.91 Å². The molecular formula is C22H23N3O5. The molecule has 8 heteroatoms. The zero-order valence-corrected chi connectivity index (χ0v) is 16.6. The van der Waals surface area contributed by atoms with E-state index >= 15 is 0 Å². The van der Waals surface area contributed by atoms with Crippen LogP contribution in [0.4, 0.5) is 5.69 Å². The van der Waals surface area contributed by atoms with Gasteiger partial charge in [0.1, 0.15) is 6.04 Å². The second-order valence-corrected chi connectivity index (χ2v) is 6.48. The van der Waals surface area contributed by atoms with Crippen molar-refractivity contribution in [1.29, 1.82) is 0 Å². The molecule has 0 aromatic heterocycles. The third kappa shape index (κ3) is 6.90. The number of amides is 3. The van der Waals surface area contributed by atoms with E-state index in [1.165, 1.54) is 44.2 Å². The number of hydrogen-bond acceptors (Lipinski definition) is 5. The smallest absolute Gasteiger partial charge is 0.329 e. The number of nitrogens with two attached hydrogens (primary N) is 1. The van der Waals surface area contributed by atoms with Gasteiger partial charge in [-0.2, -0.15) is 0 Å². The van der Waals surface area contributed by atoms with Crippen molar-refractivity contribution in [2.24, 2.45) is 5.73 Å². The fourth-order valence-corrected chi connectivity index (χ4v) is 2.35. The van der Waals surface area contributed by atoms with Crippen LogP contribution in [-0.2, 0) is 19.1 Å². The Morgan fingerprint density at radius 2 is 1.60 bits per heavy atom. The van der Waals surface area contributed by atoms with E-state index in [4.69, 9.17) is 10.5 Å². The molecule has 2 atom stereocenters. The number of hydrogen-bond donors (Lipinski definition) is 3. The van der Waals surface area contributed by atoms with E-state index in [1.54, 1.807) is 6.08 Å². The molecule has 0 radical (unpaired) electrons. The minimum absolute atomic E-state index is 0.304. The van der Waals surface area contributed by atoms with Gasteiger partial charge >= 0.3 is 5.97 Å². The van der Waals surface area contributed by atoms with E-state index in [1.807, 2.05) is 30.3 Å². The molecule has 2 rings (SSSR count). The minimum atomic E-state index is -1.09. The van der Waals surface area contributed by atoms with Gasteiger partial charge in [-0.1, -0.05) is 30.3 Å². The summed E-state index contributed by atoms with van der Waals surface area (Å²) in [7, 11) is 0. The fourth-order valence-electron chi connectivity index (χ4n) is 2.35. The molecular weight excluding hydrogens is 386 g/mol. The van der Waals surface area contributed by atoms with Crippen LogP contribution in [-0.4, -0.2) is 35.8 Å². The molecule has 0 aliphatic heterocycles. The SMILES string of the molecule is C[C@H](NC(=O)/C=C/c1ccccc1)C(=O)O[C@H](C)C(=O)Nc1ccc(C(N)=O)cc1. The van der Waals surface area contributed by atoms with Crippen molar-refractivity contribution in [2.75, 3.05) is 5.32 Å². The number of anilines is 1. The molecule has 3 amide bonds. The Bertz CT molecular complexity index is 939. The molecule has 30 heavy (non-hydrogen) atoms. The normalized spacial score (nSPS) is 12.6. The quantitative estimate of drug-likeness (QED) is 0.453. The summed E-state index contributed by atoms with van der Waals surface area (Å²) in [6.45, 7) is 2.87. The van der Waals surface area contributed by atoms with Crippen LogP contribution in [0, 0.1) is 0 Å². The van der Waals surface area contributed by atoms with Crippen LogP contribution in [0.3, 0.4) is 0 Å². The summed E-state index contributed by atoms with van der Waals surface area (Å²) in [6, 6.07) is 14.2. The first-order valence-electron chi connectivity index (χ1n) is 9.21. The van der Waals surface area contributed by atoms with Gasteiger partial charge < -0.3 is 21.1 Å². The number of ether oxygens (including phenoxy) is 1. The van der Waals surface area contributed by atoms with E-state index < -0.39 is 35.8 Å². The predicted octanol–water partition coefficient (Wildman–Crippen LogP) is 1.87. The predicted molar refractivity (Wildman–Crippen MR) is 112 cm³/mol. The Kier molecular flexibility index (Phi) is 7.87. The molecule has 2 aromatic carbocycles. The molecule has 0 aliphatic rings. The molecule has 2 aromatic rings. The highest BCUT2D eigenvalue weighted by molar-refractivity contribution is 5.98. The maximum absolute atomic E-state index is 12.2. The maximum atomic E-state index is 12.2. The average molecular weight is 409 g/mol. The first kappa shape index (κ1) is 22.4. The van der Waals surface area contributed by atoms with Crippen molar-refractivity contribution in [2.45, 2.75) is 26.0 Å². The zero-order valence-electron chi connectivity index (χ0n) is 16.6. The van der Waals surface area contributed by atoms with Crippen LogP contribution >= 0.6 is 0 Å². The van der Waals surface area contributed by atoms with Gasteiger partial charge in [0.15, 0.2) is 6.10 Å². The highest BCUT2D eigenvalue weighted by Crippen LogP contribution is 2.10. The minimum Gasteiger partial charge on any atom is -0.451 e. The number of nitrogens with one attached hydrogen (secondary N) is 2. The van der Waals surface area contributed by atoms with E-state index in [9.17, 15) is 19.2 Å². The standard InChI is InChI=1S/C22H23N3O5/c1-14(24-19(26)13-8-16-6-4-3-5-7-16)22(29)30-15(2)21(28)25-18-11-9-17(10-12-18)20(23)27/h3-15H,1-2H3,(H2,23,27)(H,24,26)(H,25,28)/b13-8+/t14-,15+/m0/s1. The maximum Gasteiger partial charge on any atom is 0.329 e. The lowest BCUT2D eigenvalue weighted by molar-refractivity contribution is -0.155. The van der Waals surface area contributed by atoms with Gasteiger partial charge in [0, 0.05) is 17.3 Å². The topological polar surface area (TPSA) is 128 Å². The van der Waals surface area contributed by atoms with Gasteiger partial charge in [0.05, 0.1) is 0 Å². The second kappa shape index (κ2) is 10.6. The van der Waals surface area contributed by atoms with Crippen molar-refractivity contribution >= 4 is 35.5 Å². The molecule has 156 valence electrons. The van der Waals surface area contributed by atoms with Crippen molar-refractivity contribution in [1.82, 2.24) is 5.32 Å². The summed E-state index contributed by atoms with van der Waals surface area (Å²) in [5.74, 6) is -2.35. The van der Waals surface area contributed by atoms with Crippen LogP contribution < -0.4 is 16.4 Å². The van der Waals surface area contributed by atoms with E-state index in [-0.39, 0.29) is 0 Å². The number of benzene rings is 2. The van der Waals surface area contributed by atoms with Gasteiger partial charge in [-0.25, -0.2) is 4.79 Å². The van der Waals surface area contributed by atoms with Crippen LogP contribution in [0.5, 0.6) is 0 Å². The van der Waals surface area contributed by atoms with Crippen LogP contribution in [0.25, 0.3) is 6.08 Å². The molecule has 0 saturated heterocycles. The average Bonchev–Trinajstić information content (AvgIpc) is 2.73. The molecule has 0 heterocycles. The molecule has 0 bridgehead atoms. The molecule has 0 fully saturated rings. The Morgan fingerprint density at radius 3 is 2.20 bits per heavy atom.